The Morgan fingerprint density at radius 2 is 2.21 bits per heavy atom. The van der Waals surface area contributed by atoms with Crippen molar-refractivity contribution in [2.75, 3.05) is 20.2 Å². The highest BCUT2D eigenvalue weighted by atomic mass is 79.9. The molecular weight excluding hydrogens is 316 g/mol. The van der Waals surface area contributed by atoms with Crippen LogP contribution in [-0.2, 0) is 0 Å². The van der Waals surface area contributed by atoms with Crippen LogP contribution in [0.3, 0.4) is 0 Å². The average molecular weight is 331 g/mol. The number of carbonyl (C=O) groups excluding carboxylic acids is 1. The van der Waals surface area contributed by atoms with Crippen LogP contribution in [0, 0.1) is 0 Å². The van der Waals surface area contributed by atoms with E-state index in [1.165, 1.54) is 7.11 Å². The van der Waals surface area contributed by atoms with Gasteiger partial charge in [-0.2, -0.15) is 0 Å². The minimum atomic E-state index is -1.12. The van der Waals surface area contributed by atoms with Gasteiger partial charge in [-0.1, -0.05) is 0 Å². The fraction of sp³-hybridized carbons (Fsp3) is 0.500. The Balaban J connectivity index is 2.73. The number of nitrogens with zero attached hydrogens (tertiary/aromatic N) is 2. The quantitative estimate of drug-likeness (QED) is 0.919. The molecule has 6 nitrogen and oxygen atoms in total. The van der Waals surface area contributed by atoms with Gasteiger partial charge in [0.25, 0.3) is 5.91 Å². The Morgan fingerprint density at radius 3 is 2.68 bits per heavy atom. The molecule has 2 rings (SSSR count). The molecule has 1 aromatic rings. The Bertz CT molecular complexity index is 552. The lowest BCUT2D eigenvalue weighted by Crippen LogP contribution is -2.42. The van der Waals surface area contributed by atoms with Crippen molar-refractivity contribution in [1.29, 1.82) is 0 Å². The van der Waals surface area contributed by atoms with Gasteiger partial charge in [-0.05, 0) is 29.8 Å². The van der Waals surface area contributed by atoms with Crippen LogP contribution in [0.5, 0.6) is 5.75 Å². The minimum absolute atomic E-state index is 0.00402. The molecule has 0 saturated carbocycles. The van der Waals surface area contributed by atoms with Gasteiger partial charge < -0.3 is 19.3 Å². The van der Waals surface area contributed by atoms with Gasteiger partial charge >= 0.3 is 5.97 Å². The van der Waals surface area contributed by atoms with E-state index in [0.717, 1.165) is 0 Å². The van der Waals surface area contributed by atoms with E-state index in [2.05, 4.69) is 15.9 Å². The Kier molecular flexibility index (Phi) is 3.58. The molecule has 7 heteroatoms. The number of rotatable bonds is 3. The molecule has 0 saturated heterocycles. The van der Waals surface area contributed by atoms with Gasteiger partial charge in [-0.3, -0.25) is 4.79 Å². The van der Waals surface area contributed by atoms with Gasteiger partial charge in [-0.15, -0.1) is 0 Å². The molecule has 0 fully saturated rings. The van der Waals surface area contributed by atoms with E-state index in [9.17, 15) is 14.7 Å². The first kappa shape index (κ1) is 13.9. The van der Waals surface area contributed by atoms with E-state index >= 15 is 0 Å². The molecule has 0 radical (unpaired) electrons. The lowest BCUT2D eigenvalue weighted by atomic mass is 10.2. The molecule has 1 atom stereocenters. The lowest BCUT2D eigenvalue weighted by molar-refractivity contribution is 0.0678. The monoisotopic (exact) mass is 330 g/mol. The molecule has 0 spiro atoms. The van der Waals surface area contributed by atoms with E-state index < -0.39 is 5.97 Å². The Labute approximate surface area is 119 Å². The van der Waals surface area contributed by atoms with Crippen molar-refractivity contribution in [2.45, 2.75) is 19.9 Å². The number of likely N-dealkylation sites (N-methyl/N-ethyl adjacent to an activating group) is 1. The summed E-state index contributed by atoms with van der Waals surface area (Å²) in [7, 11) is 1.37. The molecule has 1 aromatic heterocycles. The SMILES string of the molecule is CCN1CC(C)n2c(Br)c(C(=O)O)c(OC)c2C1=O. The molecule has 1 aliphatic rings. The third-order valence-electron chi connectivity index (χ3n) is 3.32. The maximum Gasteiger partial charge on any atom is 0.342 e. The van der Waals surface area contributed by atoms with Crippen LogP contribution in [-0.4, -0.2) is 46.6 Å². The van der Waals surface area contributed by atoms with Crippen molar-refractivity contribution in [3.63, 3.8) is 0 Å². The topological polar surface area (TPSA) is 71.8 Å². The molecule has 2 heterocycles. The molecule has 0 bridgehead atoms. The van der Waals surface area contributed by atoms with Crippen LogP contribution >= 0.6 is 15.9 Å². The smallest absolute Gasteiger partial charge is 0.342 e. The second kappa shape index (κ2) is 4.88. The van der Waals surface area contributed by atoms with Crippen LogP contribution in [0.1, 0.15) is 40.7 Å². The second-order valence-electron chi connectivity index (χ2n) is 4.42. The van der Waals surface area contributed by atoms with Gasteiger partial charge in [-0.25, -0.2) is 4.79 Å². The third-order valence-corrected chi connectivity index (χ3v) is 4.09. The minimum Gasteiger partial charge on any atom is -0.493 e. The molecule has 1 N–H and O–H groups in total. The van der Waals surface area contributed by atoms with Gasteiger partial charge in [0.05, 0.1) is 7.11 Å². The largest absolute Gasteiger partial charge is 0.493 e. The van der Waals surface area contributed by atoms with Crippen molar-refractivity contribution in [3.05, 3.63) is 15.9 Å². The van der Waals surface area contributed by atoms with Crippen molar-refractivity contribution in [3.8, 4) is 5.75 Å². The molecule has 0 aliphatic carbocycles. The first-order valence-electron chi connectivity index (χ1n) is 5.94. The number of aromatic carboxylic acids is 1. The Hall–Kier alpha value is -1.50. The maximum atomic E-state index is 12.4. The molecular formula is C12H15BrN2O4. The fourth-order valence-electron chi connectivity index (χ4n) is 2.44. The number of hydrogen-bond acceptors (Lipinski definition) is 3. The highest BCUT2D eigenvalue weighted by Gasteiger charge is 2.38. The van der Waals surface area contributed by atoms with Gasteiger partial charge in [0.2, 0.25) is 0 Å². The van der Waals surface area contributed by atoms with Crippen molar-refractivity contribution in [2.24, 2.45) is 0 Å². The average Bonchev–Trinajstić information content (AvgIpc) is 2.67. The first-order chi connectivity index (χ1) is 8.93. The Morgan fingerprint density at radius 1 is 1.58 bits per heavy atom. The fourth-order valence-corrected chi connectivity index (χ4v) is 3.32. The summed E-state index contributed by atoms with van der Waals surface area (Å²) in [5.41, 5.74) is 0.294. The maximum absolute atomic E-state index is 12.4. The van der Waals surface area contributed by atoms with Crippen molar-refractivity contribution >= 4 is 27.8 Å². The highest BCUT2D eigenvalue weighted by molar-refractivity contribution is 9.10. The summed E-state index contributed by atoms with van der Waals surface area (Å²) in [5, 5.41) is 9.27. The molecule has 1 unspecified atom stereocenters. The number of amides is 1. The summed E-state index contributed by atoms with van der Waals surface area (Å²) < 4.78 is 7.23. The summed E-state index contributed by atoms with van der Waals surface area (Å²) in [4.78, 5) is 25.4. The number of hydrogen-bond donors (Lipinski definition) is 1. The third kappa shape index (κ3) is 1.92. The molecule has 1 amide bonds. The van der Waals surface area contributed by atoms with E-state index in [4.69, 9.17) is 4.74 Å². The summed E-state index contributed by atoms with van der Waals surface area (Å²) in [6.45, 7) is 4.96. The zero-order valence-electron chi connectivity index (χ0n) is 10.9. The molecule has 1 aliphatic heterocycles. The second-order valence-corrected chi connectivity index (χ2v) is 5.17. The van der Waals surface area contributed by atoms with E-state index in [1.54, 1.807) is 9.47 Å². The summed E-state index contributed by atoms with van der Waals surface area (Å²) in [6, 6.07) is -0.0102. The van der Waals surface area contributed by atoms with E-state index in [1.807, 2.05) is 13.8 Å². The summed E-state index contributed by atoms with van der Waals surface area (Å²) in [5.74, 6) is -1.20. The number of aromatic nitrogens is 1. The van der Waals surface area contributed by atoms with Gasteiger partial charge in [0.15, 0.2) is 11.4 Å². The number of ether oxygens (including phenoxy) is 1. The molecule has 0 aromatic carbocycles. The van der Waals surface area contributed by atoms with Crippen LogP contribution in [0.25, 0.3) is 0 Å². The highest BCUT2D eigenvalue weighted by Crippen LogP contribution is 2.39. The first-order valence-corrected chi connectivity index (χ1v) is 6.73. The zero-order chi connectivity index (χ0) is 14.3. The molecule has 104 valence electrons. The lowest BCUT2D eigenvalue weighted by Gasteiger charge is -2.32. The number of carboxylic acid groups (broad SMARTS) is 1. The number of methoxy groups -OCH3 is 1. The van der Waals surface area contributed by atoms with E-state index in [0.29, 0.717) is 23.4 Å². The van der Waals surface area contributed by atoms with Gasteiger partial charge in [0, 0.05) is 19.1 Å². The van der Waals surface area contributed by atoms with Crippen LogP contribution in [0.4, 0.5) is 0 Å². The predicted molar refractivity (Wildman–Crippen MR) is 71.9 cm³/mol. The van der Waals surface area contributed by atoms with Crippen molar-refractivity contribution in [1.82, 2.24) is 9.47 Å². The van der Waals surface area contributed by atoms with Gasteiger partial charge in [0.1, 0.15) is 10.2 Å². The number of fused-ring (bicyclic) bond motifs is 1. The standard InChI is InChI=1S/C12H15BrN2O4/c1-4-14-5-6(2)15-8(11(14)16)9(19-3)7(10(15)13)12(17)18/h6H,4-5H2,1-3H3,(H,17,18). The zero-order valence-corrected chi connectivity index (χ0v) is 12.5. The van der Waals surface area contributed by atoms with Crippen LogP contribution in [0.15, 0.2) is 4.60 Å². The predicted octanol–water partition coefficient (Wildman–Crippen LogP) is 1.99. The number of carbonyl (C=O) groups is 2. The van der Waals surface area contributed by atoms with Crippen LogP contribution < -0.4 is 4.74 Å². The van der Waals surface area contributed by atoms with Crippen molar-refractivity contribution < 1.29 is 19.4 Å². The normalized spacial score (nSPS) is 18.4. The molecule has 19 heavy (non-hydrogen) atoms. The number of halogens is 1. The number of carboxylic acids is 1. The summed E-state index contributed by atoms with van der Waals surface area (Å²) in [6.07, 6.45) is 0. The van der Waals surface area contributed by atoms with E-state index in [-0.39, 0.29) is 23.3 Å². The summed E-state index contributed by atoms with van der Waals surface area (Å²) >= 11 is 3.27. The van der Waals surface area contributed by atoms with Crippen LogP contribution in [0.2, 0.25) is 0 Å².